The fraction of sp³-hybridized carbons (Fsp3) is 0.381. The van der Waals surface area contributed by atoms with Crippen molar-refractivity contribution in [1.82, 2.24) is 5.32 Å². The van der Waals surface area contributed by atoms with Crippen molar-refractivity contribution in [1.29, 1.82) is 0 Å². The molecule has 26 heavy (non-hydrogen) atoms. The van der Waals surface area contributed by atoms with E-state index < -0.39 is 0 Å². The number of fused-ring (bicyclic) bond motifs is 1. The van der Waals surface area contributed by atoms with E-state index >= 15 is 0 Å². The lowest BCUT2D eigenvalue weighted by Gasteiger charge is -2.21. The van der Waals surface area contributed by atoms with Gasteiger partial charge in [-0.25, -0.2) is 4.99 Å². The van der Waals surface area contributed by atoms with E-state index in [2.05, 4.69) is 84.5 Å². The molecule has 0 radical (unpaired) electrons. The molecule has 0 aromatic heterocycles. The van der Waals surface area contributed by atoms with Crippen molar-refractivity contribution in [2.24, 2.45) is 10.7 Å². The number of rotatable bonds is 4. The number of nitrogens with two attached hydrogens (primary N) is 1. The molecule has 3 N–H and O–H groups in total. The first-order chi connectivity index (χ1) is 11.9. The van der Waals surface area contributed by atoms with E-state index in [9.17, 15) is 0 Å². The zero-order valence-electron chi connectivity index (χ0n) is 15.8. The molecule has 0 atom stereocenters. The maximum atomic E-state index is 5.92. The summed E-state index contributed by atoms with van der Waals surface area (Å²) in [6.45, 7) is 8.86. The van der Waals surface area contributed by atoms with E-state index in [4.69, 9.17) is 5.73 Å². The second kappa shape index (κ2) is 8.75. The maximum Gasteiger partial charge on any atom is 0.189 e. The minimum Gasteiger partial charge on any atom is -0.370 e. The minimum atomic E-state index is -0.0660. The van der Waals surface area contributed by atoms with Gasteiger partial charge in [0, 0.05) is 24.3 Å². The Morgan fingerprint density at radius 1 is 1.08 bits per heavy atom. The molecule has 0 bridgehead atoms. The predicted octanol–water partition coefficient (Wildman–Crippen LogP) is 4.07. The number of benzene rings is 2. The summed E-state index contributed by atoms with van der Waals surface area (Å²) in [5.74, 6) is 0.491. The molecule has 1 heterocycles. The Kier molecular flexibility index (Phi) is 6.92. The molecule has 140 valence electrons. The Hall–Kier alpha value is -1.76. The van der Waals surface area contributed by atoms with Gasteiger partial charge in [0.1, 0.15) is 0 Å². The highest BCUT2D eigenvalue weighted by Crippen LogP contribution is 2.28. The quantitative estimate of drug-likeness (QED) is 0.408. The monoisotopic (exact) mass is 464 g/mol. The molecular weight excluding hydrogens is 435 g/mol. The van der Waals surface area contributed by atoms with E-state index in [1.54, 1.807) is 0 Å². The summed E-state index contributed by atoms with van der Waals surface area (Å²) in [6, 6.07) is 17.4. The van der Waals surface area contributed by atoms with Crippen LogP contribution < -0.4 is 16.0 Å². The third-order valence-corrected chi connectivity index (χ3v) is 4.31. The summed E-state index contributed by atoms with van der Waals surface area (Å²) < 4.78 is 0. The van der Waals surface area contributed by atoms with E-state index in [1.165, 1.54) is 22.4 Å². The first-order valence-corrected chi connectivity index (χ1v) is 8.89. The zero-order valence-corrected chi connectivity index (χ0v) is 18.2. The van der Waals surface area contributed by atoms with Gasteiger partial charge in [0.25, 0.3) is 0 Å². The number of guanidine groups is 1. The third kappa shape index (κ3) is 5.62. The number of hydrogen-bond donors (Lipinski definition) is 2. The molecule has 0 spiro atoms. The van der Waals surface area contributed by atoms with Crippen molar-refractivity contribution in [2.45, 2.75) is 45.8 Å². The third-order valence-electron chi connectivity index (χ3n) is 4.31. The number of nitrogens with one attached hydrogen (secondary N) is 1. The number of halogens is 1. The highest BCUT2D eigenvalue weighted by atomic mass is 127. The van der Waals surface area contributed by atoms with E-state index in [-0.39, 0.29) is 29.5 Å². The van der Waals surface area contributed by atoms with Crippen molar-refractivity contribution in [3.63, 3.8) is 0 Å². The van der Waals surface area contributed by atoms with Gasteiger partial charge in [-0.1, -0.05) is 42.5 Å². The van der Waals surface area contributed by atoms with Crippen LogP contribution in [0.3, 0.4) is 0 Å². The van der Waals surface area contributed by atoms with Gasteiger partial charge in [-0.05, 0) is 49.9 Å². The molecular formula is C21H29IN4. The summed E-state index contributed by atoms with van der Waals surface area (Å²) in [5.41, 5.74) is 11.2. The average Bonchev–Trinajstić information content (AvgIpc) is 2.96. The van der Waals surface area contributed by atoms with Crippen LogP contribution in [-0.2, 0) is 19.5 Å². The first kappa shape index (κ1) is 20.6. The molecule has 0 unspecified atom stereocenters. The van der Waals surface area contributed by atoms with Crippen LogP contribution >= 0.6 is 24.0 Å². The zero-order chi connectivity index (χ0) is 17.9. The number of para-hydroxylation sites is 1. The molecule has 4 nitrogen and oxygen atoms in total. The normalized spacial score (nSPS) is 14.0. The SMILES string of the molecule is CC(C)(C)NC(N)=NCc1ccc(CN2CCc3ccccc32)cc1.I. The van der Waals surface area contributed by atoms with Gasteiger partial charge in [0.2, 0.25) is 0 Å². The summed E-state index contributed by atoms with van der Waals surface area (Å²) in [4.78, 5) is 6.87. The number of anilines is 1. The smallest absolute Gasteiger partial charge is 0.189 e. The molecule has 0 saturated heterocycles. The highest BCUT2D eigenvalue weighted by molar-refractivity contribution is 14.0. The molecule has 1 aliphatic heterocycles. The molecule has 0 fully saturated rings. The summed E-state index contributed by atoms with van der Waals surface area (Å²) in [5, 5.41) is 3.18. The van der Waals surface area contributed by atoms with Gasteiger partial charge in [-0.3, -0.25) is 0 Å². The van der Waals surface area contributed by atoms with Crippen LogP contribution in [-0.4, -0.2) is 18.0 Å². The summed E-state index contributed by atoms with van der Waals surface area (Å²) in [6.07, 6.45) is 1.14. The van der Waals surface area contributed by atoms with Crippen molar-refractivity contribution >= 4 is 35.6 Å². The van der Waals surface area contributed by atoms with Crippen LogP contribution in [0.25, 0.3) is 0 Å². The van der Waals surface area contributed by atoms with Crippen LogP contribution in [0.15, 0.2) is 53.5 Å². The van der Waals surface area contributed by atoms with Gasteiger partial charge >= 0.3 is 0 Å². The first-order valence-electron chi connectivity index (χ1n) is 8.89. The standard InChI is InChI=1S/C21H28N4.HI/c1-21(2,3)24-20(22)23-14-16-8-10-17(11-9-16)15-25-13-12-18-6-4-5-7-19(18)25;/h4-11H,12-15H2,1-3H3,(H3,22,23,24);1H. The van der Waals surface area contributed by atoms with Crippen LogP contribution in [0.5, 0.6) is 0 Å². The molecule has 0 saturated carbocycles. The molecule has 3 rings (SSSR count). The van der Waals surface area contributed by atoms with E-state index in [0.29, 0.717) is 12.5 Å². The fourth-order valence-corrected chi connectivity index (χ4v) is 3.14. The lowest BCUT2D eigenvalue weighted by atomic mass is 10.1. The van der Waals surface area contributed by atoms with Crippen LogP contribution in [0, 0.1) is 0 Å². The Labute approximate surface area is 173 Å². The van der Waals surface area contributed by atoms with Gasteiger partial charge in [-0.15, -0.1) is 24.0 Å². The maximum absolute atomic E-state index is 5.92. The number of aliphatic imine (C=N–C) groups is 1. The fourth-order valence-electron chi connectivity index (χ4n) is 3.14. The van der Waals surface area contributed by atoms with Gasteiger partial charge in [0.05, 0.1) is 6.54 Å². The van der Waals surface area contributed by atoms with Gasteiger partial charge < -0.3 is 16.0 Å². The van der Waals surface area contributed by atoms with Crippen LogP contribution in [0.2, 0.25) is 0 Å². The minimum absolute atomic E-state index is 0. The molecule has 0 amide bonds. The molecule has 0 aliphatic carbocycles. The Bertz CT molecular complexity index is 747. The number of nitrogens with zero attached hydrogens (tertiary/aromatic N) is 2. The number of hydrogen-bond acceptors (Lipinski definition) is 2. The molecule has 1 aliphatic rings. The lowest BCUT2D eigenvalue weighted by molar-refractivity contribution is 0.508. The van der Waals surface area contributed by atoms with Crippen molar-refractivity contribution < 1.29 is 0 Å². The van der Waals surface area contributed by atoms with Gasteiger partial charge in [-0.2, -0.15) is 0 Å². The Balaban J connectivity index is 0.00000243. The van der Waals surface area contributed by atoms with Gasteiger partial charge in [0.15, 0.2) is 5.96 Å². The largest absolute Gasteiger partial charge is 0.370 e. The summed E-state index contributed by atoms with van der Waals surface area (Å²) in [7, 11) is 0. The van der Waals surface area contributed by atoms with Crippen molar-refractivity contribution in [3.05, 3.63) is 65.2 Å². The van der Waals surface area contributed by atoms with E-state index in [1.807, 2.05) is 0 Å². The van der Waals surface area contributed by atoms with Crippen molar-refractivity contribution in [2.75, 3.05) is 11.4 Å². The van der Waals surface area contributed by atoms with Crippen LogP contribution in [0.4, 0.5) is 5.69 Å². The van der Waals surface area contributed by atoms with Crippen LogP contribution in [0.1, 0.15) is 37.5 Å². The highest BCUT2D eigenvalue weighted by Gasteiger charge is 2.18. The Morgan fingerprint density at radius 3 is 2.42 bits per heavy atom. The Morgan fingerprint density at radius 2 is 1.73 bits per heavy atom. The second-order valence-electron chi connectivity index (χ2n) is 7.69. The average molecular weight is 464 g/mol. The van der Waals surface area contributed by atoms with E-state index in [0.717, 1.165) is 19.5 Å². The molecule has 2 aromatic rings. The lowest BCUT2D eigenvalue weighted by Crippen LogP contribution is -2.44. The topological polar surface area (TPSA) is 53.6 Å². The molecule has 5 heteroatoms. The van der Waals surface area contributed by atoms with Crippen molar-refractivity contribution in [3.8, 4) is 0 Å². The summed E-state index contributed by atoms with van der Waals surface area (Å²) >= 11 is 0. The molecule has 2 aromatic carbocycles. The second-order valence-corrected chi connectivity index (χ2v) is 7.69. The predicted molar refractivity (Wildman–Crippen MR) is 121 cm³/mol.